The fourth-order valence-electron chi connectivity index (χ4n) is 2.30. The number of nitrogens with zero attached hydrogens (tertiary/aromatic N) is 3. The zero-order valence-corrected chi connectivity index (χ0v) is 12.5. The fraction of sp³-hybridized carbons (Fsp3) is 0.118. The van der Waals surface area contributed by atoms with Gasteiger partial charge in [0.15, 0.2) is 5.65 Å². The molecule has 1 N–H and O–H groups in total. The number of fused-ring (bicyclic) bond motifs is 1. The van der Waals surface area contributed by atoms with Gasteiger partial charge in [-0.15, -0.1) is 0 Å². The molecule has 0 bridgehead atoms. The lowest BCUT2D eigenvalue weighted by Crippen LogP contribution is -1.91. The molecule has 0 fully saturated rings. The smallest absolute Gasteiger partial charge is 0.328 e. The van der Waals surface area contributed by atoms with Crippen LogP contribution in [0.25, 0.3) is 23.0 Å². The largest absolute Gasteiger partial charge is 0.494 e. The molecule has 6 heteroatoms. The first-order valence-corrected chi connectivity index (χ1v) is 7.16. The molecular weight excluding hydrogens is 294 g/mol. The molecule has 116 valence electrons. The normalized spacial score (nSPS) is 11.2. The van der Waals surface area contributed by atoms with Crippen molar-refractivity contribution in [3.8, 4) is 17.0 Å². The number of carboxylic acid groups (broad SMARTS) is 1. The summed E-state index contributed by atoms with van der Waals surface area (Å²) in [6, 6.07) is 9.28. The highest BCUT2D eigenvalue weighted by atomic mass is 16.5. The number of rotatable bonds is 5. The van der Waals surface area contributed by atoms with Crippen molar-refractivity contribution in [2.24, 2.45) is 0 Å². The van der Waals surface area contributed by atoms with Crippen molar-refractivity contribution in [3.05, 3.63) is 54.4 Å². The Labute approximate surface area is 132 Å². The van der Waals surface area contributed by atoms with Crippen LogP contribution in [0.3, 0.4) is 0 Å². The third-order valence-corrected chi connectivity index (χ3v) is 3.26. The van der Waals surface area contributed by atoms with Gasteiger partial charge in [0.05, 0.1) is 6.61 Å². The van der Waals surface area contributed by atoms with Gasteiger partial charge in [-0.25, -0.2) is 14.3 Å². The van der Waals surface area contributed by atoms with E-state index in [1.807, 2.05) is 31.2 Å². The molecular formula is C17H15N3O3. The Morgan fingerprint density at radius 1 is 1.35 bits per heavy atom. The molecule has 2 heterocycles. The molecule has 0 saturated carbocycles. The fourth-order valence-corrected chi connectivity index (χ4v) is 2.30. The second kappa shape index (κ2) is 6.31. The molecule has 0 aliphatic carbocycles. The van der Waals surface area contributed by atoms with Crippen LogP contribution in [0.15, 0.2) is 48.8 Å². The van der Waals surface area contributed by atoms with E-state index in [4.69, 9.17) is 9.84 Å². The number of aliphatic carboxylic acids is 1. The first kappa shape index (κ1) is 14.8. The van der Waals surface area contributed by atoms with Crippen LogP contribution in [0.5, 0.6) is 5.75 Å². The van der Waals surface area contributed by atoms with E-state index in [0.717, 1.165) is 17.4 Å². The van der Waals surface area contributed by atoms with E-state index in [9.17, 15) is 4.79 Å². The number of aromatic nitrogens is 3. The summed E-state index contributed by atoms with van der Waals surface area (Å²) in [6.07, 6.45) is 6.03. The predicted octanol–water partition coefficient (Wildman–Crippen LogP) is 2.89. The molecule has 23 heavy (non-hydrogen) atoms. The molecule has 0 spiro atoms. The van der Waals surface area contributed by atoms with E-state index in [-0.39, 0.29) is 0 Å². The molecule has 6 nitrogen and oxygen atoms in total. The lowest BCUT2D eigenvalue weighted by Gasteiger charge is -2.04. The minimum absolute atomic E-state index is 0.601. The Balaban J connectivity index is 2.12. The predicted molar refractivity (Wildman–Crippen MR) is 86.3 cm³/mol. The van der Waals surface area contributed by atoms with Crippen molar-refractivity contribution in [2.45, 2.75) is 6.92 Å². The Bertz CT molecular complexity index is 866. The van der Waals surface area contributed by atoms with Gasteiger partial charge < -0.3 is 9.84 Å². The van der Waals surface area contributed by atoms with Gasteiger partial charge in [-0.05, 0) is 43.3 Å². The van der Waals surface area contributed by atoms with E-state index in [1.54, 1.807) is 23.0 Å². The van der Waals surface area contributed by atoms with Gasteiger partial charge in [0.1, 0.15) is 11.4 Å². The number of benzene rings is 1. The van der Waals surface area contributed by atoms with Gasteiger partial charge in [-0.3, -0.25) is 0 Å². The number of ether oxygens (including phenoxy) is 1. The first-order valence-electron chi connectivity index (χ1n) is 7.16. The van der Waals surface area contributed by atoms with Crippen LogP contribution in [-0.4, -0.2) is 32.3 Å². The van der Waals surface area contributed by atoms with Crippen LogP contribution in [0.4, 0.5) is 0 Å². The monoisotopic (exact) mass is 309 g/mol. The molecule has 0 saturated heterocycles. The van der Waals surface area contributed by atoms with Gasteiger partial charge in [-0.1, -0.05) is 0 Å². The van der Waals surface area contributed by atoms with Crippen molar-refractivity contribution in [3.63, 3.8) is 0 Å². The van der Waals surface area contributed by atoms with E-state index in [1.165, 1.54) is 6.08 Å². The second-order valence-corrected chi connectivity index (χ2v) is 4.78. The van der Waals surface area contributed by atoms with Crippen LogP contribution in [0.2, 0.25) is 0 Å². The number of hydrogen-bond donors (Lipinski definition) is 1. The molecule has 1 aromatic carbocycles. The maximum Gasteiger partial charge on any atom is 0.328 e. The standard InChI is InChI=1S/C17H15N3O3/c1-2-23-13-6-4-12(5-7-13)16-14(8-9-15(21)22)17-18-10-3-11-20(17)19-16/h3-11H,2H2,1H3,(H,21,22)/b9-8+. The van der Waals surface area contributed by atoms with Gasteiger partial charge in [0, 0.05) is 29.6 Å². The Morgan fingerprint density at radius 3 is 2.83 bits per heavy atom. The zero-order chi connectivity index (χ0) is 16.2. The molecule has 3 rings (SSSR count). The lowest BCUT2D eigenvalue weighted by molar-refractivity contribution is -0.131. The minimum Gasteiger partial charge on any atom is -0.494 e. The van der Waals surface area contributed by atoms with Crippen molar-refractivity contribution < 1.29 is 14.6 Å². The zero-order valence-electron chi connectivity index (χ0n) is 12.5. The highest BCUT2D eigenvalue weighted by Gasteiger charge is 2.13. The third kappa shape index (κ3) is 3.06. The summed E-state index contributed by atoms with van der Waals surface area (Å²) in [5.41, 5.74) is 2.80. The van der Waals surface area contributed by atoms with Gasteiger partial charge >= 0.3 is 5.97 Å². The Kier molecular flexibility index (Phi) is 4.05. The van der Waals surface area contributed by atoms with Crippen LogP contribution in [0.1, 0.15) is 12.5 Å². The number of carboxylic acids is 1. The average Bonchev–Trinajstić information content (AvgIpc) is 2.92. The van der Waals surface area contributed by atoms with E-state index in [2.05, 4.69) is 10.1 Å². The summed E-state index contributed by atoms with van der Waals surface area (Å²) in [7, 11) is 0. The van der Waals surface area contributed by atoms with Crippen molar-refractivity contribution in [1.82, 2.24) is 14.6 Å². The summed E-state index contributed by atoms with van der Waals surface area (Å²) in [5.74, 6) is -0.237. The molecule has 0 aliphatic rings. The minimum atomic E-state index is -1.02. The van der Waals surface area contributed by atoms with Gasteiger partial charge in [0.2, 0.25) is 0 Å². The molecule has 0 aliphatic heterocycles. The molecule has 0 unspecified atom stereocenters. The van der Waals surface area contributed by atoms with Crippen molar-refractivity contribution in [2.75, 3.05) is 6.61 Å². The molecule has 0 atom stereocenters. The summed E-state index contributed by atoms with van der Waals surface area (Å²) in [6.45, 7) is 2.53. The average molecular weight is 309 g/mol. The van der Waals surface area contributed by atoms with Crippen molar-refractivity contribution in [1.29, 1.82) is 0 Å². The summed E-state index contributed by atoms with van der Waals surface area (Å²) in [5, 5.41) is 13.4. The summed E-state index contributed by atoms with van der Waals surface area (Å²) in [4.78, 5) is 15.1. The Hall–Kier alpha value is -3.15. The molecule has 2 aromatic heterocycles. The maximum absolute atomic E-state index is 10.8. The van der Waals surface area contributed by atoms with E-state index >= 15 is 0 Å². The van der Waals surface area contributed by atoms with E-state index < -0.39 is 5.97 Å². The molecule has 3 aromatic rings. The molecule has 0 radical (unpaired) electrons. The Morgan fingerprint density at radius 2 is 2.13 bits per heavy atom. The van der Waals surface area contributed by atoms with Gasteiger partial charge in [0.25, 0.3) is 0 Å². The number of hydrogen-bond acceptors (Lipinski definition) is 4. The highest BCUT2D eigenvalue weighted by Crippen LogP contribution is 2.28. The van der Waals surface area contributed by atoms with Crippen LogP contribution < -0.4 is 4.74 Å². The van der Waals surface area contributed by atoms with E-state index in [0.29, 0.717) is 23.5 Å². The third-order valence-electron chi connectivity index (χ3n) is 3.26. The van der Waals surface area contributed by atoms with Crippen LogP contribution in [-0.2, 0) is 4.79 Å². The second-order valence-electron chi connectivity index (χ2n) is 4.78. The molecule has 0 amide bonds. The van der Waals surface area contributed by atoms with Crippen LogP contribution >= 0.6 is 0 Å². The summed E-state index contributed by atoms with van der Waals surface area (Å²) < 4.78 is 7.07. The number of carbonyl (C=O) groups is 1. The summed E-state index contributed by atoms with van der Waals surface area (Å²) >= 11 is 0. The highest BCUT2D eigenvalue weighted by molar-refractivity contribution is 5.90. The van der Waals surface area contributed by atoms with Crippen molar-refractivity contribution >= 4 is 17.7 Å². The lowest BCUT2D eigenvalue weighted by atomic mass is 10.1. The van der Waals surface area contributed by atoms with Crippen LogP contribution in [0, 0.1) is 0 Å². The topological polar surface area (TPSA) is 76.7 Å². The maximum atomic E-state index is 10.8. The first-order chi connectivity index (χ1) is 11.2. The SMILES string of the molecule is CCOc1ccc(-c2nn3cccnc3c2/C=C/C(=O)O)cc1. The quantitative estimate of drug-likeness (QED) is 0.733. The van der Waals surface area contributed by atoms with Gasteiger partial charge in [-0.2, -0.15) is 5.10 Å².